The van der Waals surface area contributed by atoms with Crippen LogP contribution in [0.3, 0.4) is 0 Å². The molecule has 0 radical (unpaired) electrons. The lowest BCUT2D eigenvalue weighted by Crippen LogP contribution is -1.99. The smallest absolute Gasteiger partial charge is 0.176 e. The molecule has 0 saturated carbocycles. The zero-order chi connectivity index (χ0) is 17.1. The van der Waals surface area contributed by atoms with E-state index in [2.05, 4.69) is 11.1 Å². The van der Waals surface area contributed by atoms with Crippen LogP contribution in [0.15, 0.2) is 17.1 Å². The van der Waals surface area contributed by atoms with Gasteiger partial charge in [0.15, 0.2) is 11.5 Å². The van der Waals surface area contributed by atoms with E-state index in [4.69, 9.17) is 16.3 Å². The standard InChI is InChI=1S/C18H17ClN2O2S/c1-2-23-15-8-11(7-14(19)17(15)22)10-21-18-13(9-20)12-5-3-4-6-16(12)24-18/h7-8,10,22H,2-6H2,1H3. The van der Waals surface area contributed by atoms with Gasteiger partial charge < -0.3 is 9.84 Å². The SMILES string of the molecule is CCOc1cc(C=Nc2sc3c(c2C#N)CCCC3)cc(Cl)c1O. The summed E-state index contributed by atoms with van der Waals surface area (Å²) < 4.78 is 5.38. The van der Waals surface area contributed by atoms with Gasteiger partial charge in [-0.1, -0.05) is 11.6 Å². The number of aromatic hydroxyl groups is 1. The van der Waals surface area contributed by atoms with Gasteiger partial charge in [-0.15, -0.1) is 11.3 Å². The predicted octanol–water partition coefficient (Wildman–Crippen LogP) is 5.01. The second-order valence-electron chi connectivity index (χ2n) is 5.54. The van der Waals surface area contributed by atoms with Crippen molar-refractivity contribution >= 4 is 34.2 Å². The van der Waals surface area contributed by atoms with Crippen LogP contribution in [0.2, 0.25) is 5.02 Å². The second kappa shape index (κ2) is 7.25. The molecule has 24 heavy (non-hydrogen) atoms. The Morgan fingerprint density at radius 3 is 2.96 bits per heavy atom. The summed E-state index contributed by atoms with van der Waals surface area (Å²) in [6, 6.07) is 5.61. The van der Waals surface area contributed by atoms with Crippen LogP contribution in [0.1, 0.15) is 41.3 Å². The summed E-state index contributed by atoms with van der Waals surface area (Å²) in [6.45, 7) is 2.27. The Bertz CT molecular complexity index is 837. The Labute approximate surface area is 150 Å². The van der Waals surface area contributed by atoms with Crippen LogP contribution < -0.4 is 4.74 Å². The maximum atomic E-state index is 9.89. The van der Waals surface area contributed by atoms with Gasteiger partial charge in [-0.2, -0.15) is 5.26 Å². The van der Waals surface area contributed by atoms with Gasteiger partial charge in [0, 0.05) is 11.1 Å². The van der Waals surface area contributed by atoms with Gasteiger partial charge in [0.25, 0.3) is 0 Å². The number of nitriles is 1. The molecule has 124 valence electrons. The molecular weight excluding hydrogens is 344 g/mol. The molecule has 3 rings (SSSR count). The zero-order valence-corrected chi connectivity index (χ0v) is 14.9. The minimum absolute atomic E-state index is 0.0695. The first kappa shape index (κ1) is 16.8. The third kappa shape index (κ3) is 3.26. The lowest BCUT2D eigenvalue weighted by molar-refractivity contribution is 0.318. The number of nitrogens with zero attached hydrogens (tertiary/aromatic N) is 2. The van der Waals surface area contributed by atoms with Crippen LogP contribution in [-0.4, -0.2) is 17.9 Å². The fourth-order valence-electron chi connectivity index (χ4n) is 2.82. The van der Waals surface area contributed by atoms with E-state index in [1.54, 1.807) is 29.7 Å². The van der Waals surface area contributed by atoms with Crippen LogP contribution in [0.5, 0.6) is 11.5 Å². The number of halogens is 1. The van der Waals surface area contributed by atoms with Crippen molar-refractivity contribution in [1.29, 1.82) is 5.26 Å². The lowest BCUT2D eigenvalue weighted by atomic mass is 9.96. The fraction of sp³-hybridized carbons (Fsp3) is 0.333. The highest BCUT2D eigenvalue weighted by Gasteiger charge is 2.20. The molecule has 2 aromatic rings. The number of aliphatic imine (C=N–C) groups is 1. The van der Waals surface area contributed by atoms with E-state index in [-0.39, 0.29) is 10.8 Å². The summed E-state index contributed by atoms with van der Waals surface area (Å²) in [7, 11) is 0. The highest BCUT2D eigenvalue weighted by molar-refractivity contribution is 7.16. The molecule has 4 nitrogen and oxygen atoms in total. The zero-order valence-electron chi connectivity index (χ0n) is 13.3. The lowest BCUT2D eigenvalue weighted by Gasteiger charge is -2.09. The van der Waals surface area contributed by atoms with Crippen molar-refractivity contribution in [3.05, 3.63) is 38.7 Å². The molecule has 0 saturated heterocycles. The first-order valence-corrected chi connectivity index (χ1v) is 9.07. The maximum absolute atomic E-state index is 9.89. The molecule has 0 unspecified atom stereocenters. The average Bonchev–Trinajstić information content (AvgIpc) is 2.95. The summed E-state index contributed by atoms with van der Waals surface area (Å²) >= 11 is 7.63. The molecule has 0 bridgehead atoms. The third-order valence-electron chi connectivity index (χ3n) is 3.95. The molecule has 0 fully saturated rings. The molecule has 1 aromatic heterocycles. The number of hydrogen-bond donors (Lipinski definition) is 1. The number of phenols is 1. The van der Waals surface area contributed by atoms with Crippen molar-refractivity contribution in [1.82, 2.24) is 0 Å². The van der Waals surface area contributed by atoms with Gasteiger partial charge in [0.2, 0.25) is 0 Å². The summed E-state index contributed by atoms with van der Waals surface area (Å²) in [4.78, 5) is 5.78. The van der Waals surface area contributed by atoms with Crippen LogP contribution >= 0.6 is 22.9 Å². The minimum atomic E-state index is -0.0695. The summed E-state index contributed by atoms with van der Waals surface area (Å²) in [5.41, 5.74) is 2.58. The third-order valence-corrected chi connectivity index (χ3v) is 5.43. The van der Waals surface area contributed by atoms with Crippen molar-refractivity contribution in [2.75, 3.05) is 6.61 Å². The quantitative estimate of drug-likeness (QED) is 0.779. The molecular formula is C18H17ClN2O2S. The average molecular weight is 361 g/mol. The van der Waals surface area contributed by atoms with Crippen LogP contribution in [-0.2, 0) is 12.8 Å². The number of rotatable bonds is 4. The van der Waals surface area contributed by atoms with Crippen LogP contribution in [0, 0.1) is 11.3 Å². The van der Waals surface area contributed by atoms with E-state index in [1.807, 2.05) is 6.92 Å². The number of ether oxygens (including phenoxy) is 1. The molecule has 1 aromatic carbocycles. The first-order valence-electron chi connectivity index (χ1n) is 7.88. The number of benzene rings is 1. The molecule has 0 spiro atoms. The molecule has 0 amide bonds. The number of fused-ring (bicyclic) bond motifs is 1. The minimum Gasteiger partial charge on any atom is -0.503 e. The van der Waals surface area contributed by atoms with E-state index >= 15 is 0 Å². The Morgan fingerprint density at radius 2 is 2.21 bits per heavy atom. The van der Waals surface area contributed by atoms with Crippen molar-refractivity contribution < 1.29 is 9.84 Å². The van der Waals surface area contributed by atoms with E-state index in [1.165, 1.54) is 16.9 Å². The van der Waals surface area contributed by atoms with Gasteiger partial charge in [0.1, 0.15) is 11.1 Å². The Kier molecular flexibility index (Phi) is 5.08. The summed E-state index contributed by atoms with van der Waals surface area (Å²) in [5.74, 6) is 0.261. The maximum Gasteiger partial charge on any atom is 0.176 e. The van der Waals surface area contributed by atoms with Gasteiger partial charge in [0.05, 0.1) is 17.2 Å². The molecule has 0 atom stereocenters. The van der Waals surface area contributed by atoms with Crippen LogP contribution in [0.25, 0.3) is 0 Å². The molecule has 1 aliphatic rings. The van der Waals surface area contributed by atoms with E-state index < -0.39 is 0 Å². The Morgan fingerprint density at radius 1 is 1.42 bits per heavy atom. The van der Waals surface area contributed by atoms with E-state index in [9.17, 15) is 10.4 Å². The van der Waals surface area contributed by atoms with Gasteiger partial charge in [-0.05, 0) is 55.9 Å². The number of phenolic OH excluding ortho intramolecular Hbond substituents is 1. The largest absolute Gasteiger partial charge is 0.503 e. The highest BCUT2D eigenvalue weighted by atomic mass is 35.5. The molecule has 0 aliphatic heterocycles. The summed E-state index contributed by atoms with van der Waals surface area (Å²) in [5, 5.41) is 20.3. The Balaban J connectivity index is 1.94. The van der Waals surface area contributed by atoms with E-state index in [0.29, 0.717) is 17.9 Å². The van der Waals surface area contributed by atoms with Crippen molar-refractivity contribution in [3.63, 3.8) is 0 Å². The first-order chi connectivity index (χ1) is 11.6. The van der Waals surface area contributed by atoms with Gasteiger partial charge in [-0.3, -0.25) is 0 Å². The number of hydrogen-bond acceptors (Lipinski definition) is 5. The van der Waals surface area contributed by atoms with Crippen molar-refractivity contribution in [3.8, 4) is 17.6 Å². The van der Waals surface area contributed by atoms with Crippen molar-refractivity contribution in [2.24, 2.45) is 4.99 Å². The normalized spacial score (nSPS) is 13.7. The van der Waals surface area contributed by atoms with E-state index in [0.717, 1.165) is 29.8 Å². The Hall–Kier alpha value is -2.03. The topological polar surface area (TPSA) is 65.6 Å². The molecule has 1 N–H and O–H groups in total. The molecule has 6 heteroatoms. The summed E-state index contributed by atoms with van der Waals surface area (Å²) in [6.07, 6.45) is 5.96. The van der Waals surface area contributed by atoms with Gasteiger partial charge >= 0.3 is 0 Å². The molecule has 1 aliphatic carbocycles. The van der Waals surface area contributed by atoms with Gasteiger partial charge in [-0.25, -0.2) is 4.99 Å². The van der Waals surface area contributed by atoms with Crippen LogP contribution in [0.4, 0.5) is 5.00 Å². The highest BCUT2D eigenvalue weighted by Crippen LogP contribution is 2.39. The monoisotopic (exact) mass is 360 g/mol. The number of aryl methyl sites for hydroxylation is 1. The van der Waals surface area contributed by atoms with Crippen molar-refractivity contribution in [2.45, 2.75) is 32.6 Å². The second-order valence-corrected chi connectivity index (χ2v) is 7.03. The number of thiophene rings is 1. The fourth-order valence-corrected chi connectivity index (χ4v) is 4.23. The predicted molar refractivity (Wildman–Crippen MR) is 97.2 cm³/mol. The molecule has 1 heterocycles.